The van der Waals surface area contributed by atoms with Crippen molar-refractivity contribution in [1.82, 2.24) is 0 Å². The molecular weight excluding hydrogens is 198 g/mol. The highest BCUT2D eigenvalue weighted by atomic mass is 28.4. The van der Waals surface area contributed by atoms with E-state index in [-0.39, 0.29) is 11.2 Å². The Morgan fingerprint density at radius 1 is 1.07 bits per heavy atom. The van der Waals surface area contributed by atoms with Crippen molar-refractivity contribution in [2.45, 2.75) is 32.7 Å². The van der Waals surface area contributed by atoms with E-state index in [9.17, 15) is 8.22 Å². The zero-order valence-corrected chi connectivity index (χ0v) is 9.69. The van der Waals surface area contributed by atoms with Gasteiger partial charge in [-0.1, -0.05) is 44.5 Å². The van der Waals surface area contributed by atoms with Gasteiger partial charge in [0.1, 0.15) is 0 Å². The van der Waals surface area contributed by atoms with E-state index >= 15 is 0 Å². The molecule has 0 atom stereocenters. The van der Waals surface area contributed by atoms with Crippen LogP contribution in [0.2, 0.25) is 6.04 Å². The Bertz CT molecular complexity index is 280. The second kappa shape index (κ2) is 4.69. The van der Waals surface area contributed by atoms with Crippen molar-refractivity contribution < 1.29 is 8.22 Å². The van der Waals surface area contributed by atoms with Crippen LogP contribution in [0.25, 0.3) is 0 Å². The fourth-order valence-electron chi connectivity index (χ4n) is 1.41. The van der Waals surface area contributed by atoms with Gasteiger partial charge in [0, 0.05) is 5.19 Å². The number of benzene rings is 1. The van der Waals surface area contributed by atoms with Crippen LogP contribution >= 0.6 is 0 Å². The van der Waals surface area contributed by atoms with Gasteiger partial charge in [-0.15, -0.1) is 0 Å². The molecule has 0 aromatic heterocycles. The van der Waals surface area contributed by atoms with Gasteiger partial charge in [0.25, 0.3) is 0 Å². The summed E-state index contributed by atoms with van der Waals surface area (Å²) in [5.41, 5.74) is 1.15. The highest BCUT2D eigenvalue weighted by molar-refractivity contribution is 6.79. The van der Waals surface area contributed by atoms with Gasteiger partial charge in [-0.05, 0) is 18.0 Å². The van der Waals surface area contributed by atoms with Crippen molar-refractivity contribution in [3.63, 3.8) is 0 Å². The molecule has 0 bridgehead atoms. The van der Waals surface area contributed by atoms with Gasteiger partial charge < -0.3 is 0 Å². The Morgan fingerprint density at radius 2 is 1.64 bits per heavy atom. The molecule has 0 spiro atoms. The molecule has 0 aliphatic carbocycles. The number of rotatable bonds is 4. The Balaban J connectivity index is 2.82. The van der Waals surface area contributed by atoms with Crippen LogP contribution in [0.15, 0.2) is 24.3 Å². The molecule has 0 aliphatic rings. The molecule has 1 aromatic carbocycles. The molecule has 0 aliphatic heterocycles. The maximum absolute atomic E-state index is 13.3. The average molecular weight is 214 g/mol. The molecule has 14 heavy (non-hydrogen) atoms. The van der Waals surface area contributed by atoms with Gasteiger partial charge in [-0.2, -0.15) is 0 Å². The van der Waals surface area contributed by atoms with Crippen LogP contribution in [0.1, 0.15) is 25.8 Å². The minimum atomic E-state index is -4.10. The Hall–Kier alpha value is -0.703. The van der Waals surface area contributed by atoms with E-state index in [1.807, 2.05) is 12.1 Å². The van der Waals surface area contributed by atoms with E-state index in [1.165, 1.54) is 0 Å². The van der Waals surface area contributed by atoms with Crippen LogP contribution in [0, 0.1) is 0 Å². The molecule has 0 N–H and O–H groups in total. The molecule has 0 amide bonds. The minimum absolute atomic E-state index is 0.000123. The van der Waals surface area contributed by atoms with E-state index in [4.69, 9.17) is 0 Å². The van der Waals surface area contributed by atoms with Crippen molar-refractivity contribution in [3.05, 3.63) is 29.8 Å². The first kappa shape index (κ1) is 11.4. The molecule has 3 heteroatoms. The van der Waals surface area contributed by atoms with Crippen molar-refractivity contribution in [2.75, 3.05) is 0 Å². The third kappa shape index (κ3) is 2.64. The van der Waals surface area contributed by atoms with Gasteiger partial charge >= 0.3 is 8.74 Å². The molecule has 0 radical (unpaired) electrons. The fraction of sp³-hybridized carbons (Fsp3) is 0.455. The lowest BCUT2D eigenvalue weighted by Crippen LogP contribution is -2.37. The third-order valence-electron chi connectivity index (χ3n) is 2.36. The topological polar surface area (TPSA) is 0 Å². The maximum Gasteiger partial charge on any atom is 0.455 e. The van der Waals surface area contributed by atoms with Crippen LogP contribution in [-0.2, 0) is 6.42 Å². The number of aryl methyl sites for hydroxylation is 1. The summed E-state index contributed by atoms with van der Waals surface area (Å²) < 4.78 is 26.7. The Morgan fingerprint density at radius 3 is 2.07 bits per heavy atom. The van der Waals surface area contributed by atoms with Crippen LogP contribution in [0.3, 0.4) is 0 Å². The predicted molar refractivity (Wildman–Crippen MR) is 58.5 cm³/mol. The first-order chi connectivity index (χ1) is 6.60. The number of halogens is 2. The summed E-state index contributed by atoms with van der Waals surface area (Å²) in [4.78, 5) is 0. The van der Waals surface area contributed by atoms with E-state index in [1.54, 1.807) is 19.1 Å². The SMILES string of the molecule is CCCc1ccc([Si](F)(F)CC)cc1. The van der Waals surface area contributed by atoms with Crippen molar-refractivity contribution in [2.24, 2.45) is 0 Å². The predicted octanol–water partition coefficient (Wildman–Crippen LogP) is 3.25. The van der Waals surface area contributed by atoms with Crippen molar-refractivity contribution in [1.29, 1.82) is 0 Å². The highest BCUT2D eigenvalue weighted by Gasteiger charge is 2.34. The smallest absolute Gasteiger partial charge is 0.265 e. The third-order valence-corrected chi connectivity index (χ3v) is 4.43. The first-order valence-electron chi connectivity index (χ1n) is 5.07. The molecular formula is C11H16F2Si. The molecule has 1 rings (SSSR count). The van der Waals surface area contributed by atoms with E-state index in [0.29, 0.717) is 0 Å². The van der Waals surface area contributed by atoms with Crippen LogP contribution < -0.4 is 5.19 Å². The minimum Gasteiger partial charge on any atom is -0.265 e. The number of hydrogen-bond acceptors (Lipinski definition) is 0. The maximum atomic E-state index is 13.3. The Kier molecular flexibility index (Phi) is 3.81. The van der Waals surface area contributed by atoms with Crippen molar-refractivity contribution in [3.8, 4) is 0 Å². The summed E-state index contributed by atoms with van der Waals surface area (Å²) in [7, 11) is -4.10. The molecule has 78 valence electrons. The van der Waals surface area contributed by atoms with Crippen LogP contribution in [0.4, 0.5) is 8.22 Å². The van der Waals surface area contributed by atoms with Crippen LogP contribution in [-0.4, -0.2) is 8.74 Å². The summed E-state index contributed by atoms with van der Waals surface area (Å²) in [5, 5.41) is 0.264. The molecule has 0 saturated heterocycles. The second-order valence-electron chi connectivity index (χ2n) is 3.50. The molecule has 0 heterocycles. The summed E-state index contributed by atoms with van der Waals surface area (Å²) >= 11 is 0. The lowest BCUT2D eigenvalue weighted by Gasteiger charge is -2.10. The number of hydrogen-bond donors (Lipinski definition) is 0. The quantitative estimate of drug-likeness (QED) is 0.533. The molecule has 0 saturated carbocycles. The summed E-state index contributed by atoms with van der Waals surface area (Å²) in [6.45, 7) is 3.65. The molecule has 0 unspecified atom stereocenters. The normalized spacial score (nSPS) is 11.7. The van der Waals surface area contributed by atoms with E-state index in [0.717, 1.165) is 18.4 Å². The first-order valence-corrected chi connectivity index (χ1v) is 7.03. The second-order valence-corrected chi connectivity index (χ2v) is 6.20. The Labute approximate surface area is 85.3 Å². The zero-order valence-electron chi connectivity index (χ0n) is 8.69. The zero-order chi connectivity index (χ0) is 10.6. The summed E-state index contributed by atoms with van der Waals surface area (Å²) in [6, 6.07) is 6.85. The van der Waals surface area contributed by atoms with Gasteiger partial charge in [-0.25, -0.2) is 0 Å². The monoisotopic (exact) mass is 214 g/mol. The largest absolute Gasteiger partial charge is 0.455 e. The van der Waals surface area contributed by atoms with E-state index < -0.39 is 8.74 Å². The van der Waals surface area contributed by atoms with Crippen LogP contribution in [0.5, 0.6) is 0 Å². The van der Waals surface area contributed by atoms with E-state index in [2.05, 4.69) is 6.92 Å². The lowest BCUT2D eigenvalue weighted by atomic mass is 10.1. The fourth-order valence-corrected chi connectivity index (χ4v) is 2.47. The highest BCUT2D eigenvalue weighted by Crippen LogP contribution is 2.13. The van der Waals surface area contributed by atoms with Gasteiger partial charge in [0.15, 0.2) is 0 Å². The van der Waals surface area contributed by atoms with Gasteiger partial charge in [0.05, 0.1) is 0 Å². The molecule has 0 nitrogen and oxygen atoms in total. The molecule has 0 fully saturated rings. The van der Waals surface area contributed by atoms with Gasteiger partial charge in [-0.3, -0.25) is 8.22 Å². The standard InChI is InChI=1S/C11H16F2Si/c1-3-5-10-6-8-11(9-7-10)14(12,13)4-2/h6-9H,3-5H2,1-2H3. The van der Waals surface area contributed by atoms with Gasteiger partial charge in [0.2, 0.25) is 0 Å². The summed E-state index contributed by atoms with van der Waals surface area (Å²) in [6.07, 6.45) is 2.03. The lowest BCUT2D eigenvalue weighted by molar-refractivity contribution is 0.625. The summed E-state index contributed by atoms with van der Waals surface area (Å²) in [5.74, 6) is 0. The van der Waals surface area contributed by atoms with Crippen molar-refractivity contribution >= 4 is 13.9 Å². The average Bonchev–Trinajstić information content (AvgIpc) is 2.19. The molecule has 1 aromatic rings.